The molecule has 106 valence electrons. The predicted molar refractivity (Wildman–Crippen MR) is 79.1 cm³/mol. The predicted octanol–water partition coefficient (Wildman–Crippen LogP) is 1.68. The molecule has 0 bridgehead atoms. The average molecular weight is 254 g/mol. The van der Waals surface area contributed by atoms with Gasteiger partial charge < -0.3 is 15.5 Å². The van der Waals surface area contributed by atoms with E-state index in [1.165, 1.54) is 45.3 Å². The summed E-state index contributed by atoms with van der Waals surface area (Å²) in [6, 6.07) is 0. The molecule has 1 saturated heterocycles. The number of guanidine groups is 1. The van der Waals surface area contributed by atoms with Crippen molar-refractivity contribution in [3.05, 3.63) is 0 Å². The molecule has 0 aliphatic carbocycles. The van der Waals surface area contributed by atoms with Gasteiger partial charge in [0.25, 0.3) is 0 Å². The third kappa shape index (κ3) is 5.71. The van der Waals surface area contributed by atoms with E-state index in [9.17, 15) is 0 Å². The highest BCUT2D eigenvalue weighted by Crippen LogP contribution is 2.14. The number of nitrogens with zero attached hydrogens (tertiary/aromatic N) is 2. The largest absolute Gasteiger partial charge is 0.356 e. The fourth-order valence-corrected chi connectivity index (χ4v) is 2.41. The van der Waals surface area contributed by atoms with E-state index in [0.29, 0.717) is 0 Å². The van der Waals surface area contributed by atoms with E-state index in [-0.39, 0.29) is 0 Å². The van der Waals surface area contributed by atoms with E-state index in [1.54, 1.807) is 0 Å². The van der Waals surface area contributed by atoms with Gasteiger partial charge in [-0.15, -0.1) is 0 Å². The van der Waals surface area contributed by atoms with Crippen molar-refractivity contribution in [2.75, 3.05) is 39.8 Å². The van der Waals surface area contributed by atoms with Crippen LogP contribution in [0.2, 0.25) is 0 Å². The molecule has 18 heavy (non-hydrogen) atoms. The molecule has 1 heterocycles. The van der Waals surface area contributed by atoms with E-state index in [4.69, 9.17) is 0 Å². The second-order valence-corrected chi connectivity index (χ2v) is 5.13. The van der Waals surface area contributed by atoms with Crippen LogP contribution in [0.25, 0.3) is 0 Å². The molecule has 1 aliphatic rings. The fourth-order valence-electron chi connectivity index (χ4n) is 2.41. The Bertz CT molecular complexity index is 240. The van der Waals surface area contributed by atoms with Gasteiger partial charge in [-0.1, -0.05) is 26.7 Å². The lowest BCUT2D eigenvalue weighted by Crippen LogP contribution is -2.40. The standard InChI is InChI=1S/C14H30N4/c1-4-6-7-9-16-14(15-3)17-11-13-8-10-18(5-2)12-13/h13H,4-12H2,1-3H3,(H2,15,16,17). The van der Waals surface area contributed by atoms with E-state index in [2.05, 4.69) is 34.4 Å². The fraction of sp³-hybridized carbons (Fsp3) is 0.929. The van der Waals surface area contributed by atoms with Crippen LogP contribution in [0.3, 0.4) is 0 Å². The zero-order valence-electron chi connectivity index (χ0n) is 12.3. The van der Waals surface area contributed by atoms with Crippen molar-refractivity contribution >= 4 is 5.96 Å². The first kappa shape index (κ1) is 15.3. The normalized spacial score (nSPS) is 21.3. The molecule has 4 nitrogen and oxygen atoms in total. The number of aliphatic imine (C=N–C) groups is 1. The smallest absolute Gasteiger partial charge is 0.190 e. The lowest BCUT2D eigenvalue weighted by atomic mass is 10.1. The van der Waals surface area contributed by atoms with Gasteiger partial charge in [-0.3, -0.25) is 4.99 Å². The maximum Gasteiger partial charge on any atom is 0.190 e. The summed E-state index contributed by atoms with van der Waals surface area (Å²) in [5.41, 5.74) is 0. The monoisotopic (exact) mass is 254 g/mol. The van der Waals surface area contributed by atoms with Crippen molar-refractivity contribution in [2.24, 2.45) is 10.9 Å². The van der Waals surface area contributed by atoms with E-state index >= 15 is 0 Å². The van der Waals surface area contributed by atoms with Crippen molar-refractivity contribution in [1.82, 2.24) is 15.5 Å². The summed E-state index contributed by atoms with van der Waals surface area (Å²) in [4.78, 5) is 6.78. The molecular weight excluding hydrogens is 224 g/mol. The first-order valence-corrected chi connectivity index (χ1v) is 7.47. The number of likely N-dealkylation sites (tertiary alicyclic amines) is 1. The van der Waals surface area contributed by atoms with Gasteiger partial charge in [-0.25, -0.2) is 0 Å². The van der Waals surface area contributed by atoms with Crippen LogP contribution in [0.15, 0.2) is 4.99 Å². The number of hydrogen-bond acceptors (Lipinski definition) is 2. The molecule has 0 saturated carbocycles. The Morgan fingerprint density at radius 2 is 2.11 bits per heavy atom. The highest BCUT2D eigenvalue weighted by Gasteiger charge is 2.20. The Balaban J connectivity index is 2.12. The lowest BCUT2D eigenvalue weighted by Gasteiger charge is -2.16. The molecule has 2 N–H and O–H groups in total. The molecule has 1 unspecified atom stereocenters. The maximum absolute atomic E-state index is 4.27. The minimum Gasteiger partial charge on any atom is -0.356 e. The summed E-state index contributed by atoms with van der Waals surface area (Å²) in [6.45, 7) is 10.2. The van der Waals surface area contributed by atoms with Crippen molar-refractivity contribution in [2.45, 2.75) is 39.5 Å². The Morgan fingerprint density at radius 1 is 1.28 bits per heavy atom. The van der Waals surface area contributed by atoms with Crippen LogP contribution < -0.4 is 10.6 Å². The summed E-state index contributed by atoms with van der Waals surface area (Å²) < 4.78 is 0. The average Bonchev–Trinajstić information content (AvgIpc) is 2.86. The van der Waals surface area contributed by atoms with Crippen molar-refractivity contribution < 1.29 is 0 Å². The van der Waals surface area contributed by atoms with Gasteiger partial charge in [-0.05, 0) is 31.8 Å². The van der Waals surface area contributed by atoms with Gasteiger partial charge in [0.2, 0.25) is 0 Å². The molecule has 0 amide bonds. The van der Waals surface area contributed by atoms with Crippen molar-refractivity contribution in [3.63, 3.8) is 0 Å². The van der Waals surface area contributed by atoms with E-state index < -0.39 is 0 Å². The Kier molecular flexibility index (Phi) is 7.81. The SMILES string of the molecule is CCCCCNC(=NC)NCC1CCN(CC)C1. The van der Waals surface area contributed by atoms with Crippen LogP contribution in [0, 0.1) is 5.92 Å². The molecule has 0 radical (unpaired) electrons. The first-order valence-electron chi connectivity index (χ1n) is 7.47. The Morgan fingerprint density at radius 3 is 2.72 bits per heavy atom. The molecule has 1 rings (SSSR count). The van der Waals surface area contributed by atoms with Gasteiger partial charge in [0.15, 0.2) is 5.96 Å². The van der Waals surface area contributed by atoms with Crippen LogP contribution in [-0.4, -0.2) is 50.6 Å². The van der Waals surface area contributed by atoms with Crippen LogP contribution in [0.1, 0.15) is 39.5 Å². The summed E-state index contributed by atoms with van der Waals surface area (Å²) in [5, 5.41) is 6.82. The molecule has 4 heteroatoms. The molecule has 1 fully saturated rings. The minimum absolute atomic E-state index is 0.777. The lowest BCUT2D eigenvalue weighted by molar-refractivity contribution is 0.342. The number of rotatable bonds is 7. The van der Waals surface area contributed by atoms with Gasteiger partial charge in [0, 0.05) is 26.7 Å². The number of unbranched alkanes of at least 4 members (excludes halogenated alkanes) is 2. The summed E-state index contributed by atoms with van der Waals surface area (Å²) in [5.74, 6) is 1.74. The van der Waals surface area contributed by atoms with Crippen LogP contribution in [0.4, 0.5) is 0 Å². The highest BCUT2D eigenvalue weighted by molar-refractivity contribution is 5.79. The quantitative estimate of drug-likeness (QED) is 0.412. The minimum atomic E-state index is 0.777. The second kappa shape index (κ2) is 9.20. The highest BCUT2D eigenvalue weighted by atomic mass is 15.2. The summed E-state index contributed by atoms with van der Waals surface area (Å²) in [7, 11) is 1.85. The van der Waals surface area contributed by atoms with E-state index in [0.717, 1.165) is 25.0 Å². The van der Waals surface area contributed by atoms with Crippen LogP contribution in [-0.2, 0) is 0 Å². The van der Waals surface area contributed by atoms with Gasteiger partial charge in [-0.2, -0.15) is 0 Å². The summed E-state index contributed by atoms with van der Waals surface area (Å²) >= 11 is 0. The third-order valence-corrected chi connectivity index (χ3v) is 3.67. The molecule has 1 aliphatic heterocycles. The Hall–Kier alpha value is -0.770. The molecule has 0 spiro atoms. The zero-order valence-corrected chi connectivity index (χ0v) is 12.3. The molecule has 1 atom stereocenters. The molecule has 0 aromatic carbocycles. The van der Waals surface area contributed by atoms with Gasteiger partial charge >= 0.3 is 0 Å². The topological polar surface area (TPSA) is 39.7 Å². The van der Waals surface area contributed by atoms with Gasteiger partial charge in [0.05, 0.1) is 0 Å². The van der Waals surface area contributed by atoms with Crippen LogP contribution >= 0.6 is 0 Å². The third-order valence-electron chi connectivity index (χ3n) is 3.67. The number of nitrogens with one attached hydrogen (secondary N) is 2. The molecular formula is C14H30N4. The second-order valence-electron chi connectivity index (χ2n) is 5.13. The first-order chi connectivity index (χ1) is 8.80. The zero-order chi connectivity index (χ0) is 13.2. The number of hydrogen-bond donors (Lipinski definition) is 2. The van der Waals surface area contributed by atoms with Crippen molar-refractivity contribution in [3.8, 4) is 0 Å². The van der Waals surface area contributed by atoms with Crippen molar-refractivity contribution in [1.29, 1.82) is 0 Å². The molecule has 0 aromatic rings. The summed E-state index contributed by atoms with van der Waals surface area (Å²) in [6.07, 6.45) is 5.10. The maximum atomic E-state index is 4.27. The molecule has 0 aromatic heterocycles. The Labute approximate surface area is 112 Å². The van der Waals surface area contributed by atoms with Crippen LogP contribution in [0.5, 0.6) is 0 Å². The van der Waals surface area contributed by atoms with E-state index in [1.807, 2.05) is 7.05 Å². The van der Waals surface area contributed by atoms with Gasteiger partial charge in [0.1, 0.15) is 0 Å².